The van der Waals surface area contributed by atoms with Gasteiger partial charge in [0.05, 0.1) is 36.1 Å². The van der Waals surface area contributed by atoms with Gasteiger partial charge in [-0.1, -0.05) is 55.8 Å². The third-order valence-electron chi connectivity index (χ3n) is 7.37. The number of hydrogen-bond donors (Lipinski definition) is 3. The number of ketones is 1. The summed E-state index contributed by atoms with van der Waals surface area (Å²) in [6, 6.07) is 16.3. The van der Waals surface area contributed by atoms with Gasteiger partial charge in [-0.3, -0.25) is 29.3 Å². The zero-order valence-electron chi connectivity index (χ0n) is 21.6. The van der Waals surface area contributed by atoms with Crippen LogP contribution < -0.4 is 16.0 Å². The van der Waals surface area contributed by atoms with E-state index in [1.807, 2.05) is 12.1 Å². The smallest absolute Gasteiger partial charge is 0.244 e. The Morgan fingerprint density at radius 3 is 2.28 bits per heavy atom. The summed E-state index contributed by atoms with van der Waals surface area (Å²) in [7, 11) is 0. The number of benzene rings is 2. The fourth-order valence-electron chi connectivity index (χ4n) is 4.87. The van der Waals surface area contributed by atoms with Crippen LogP contribution in [0.15, 0.2) is 60.7 Å². The molecular formula is C30H30N4O5. The molecule has 2 fully saturated rings. The Hall–Kier alpha value is -4.58. The number of Topliss-reactive ketones (excluding diaryl/α,β-unsaturated/α-hetero) is 1. The molecule has 4 amide bonds. The minimum atomic E-state index is -1.12. The number of nitrogens with zero attached hydrogens (tertiary/aromatic N) is 1. The van der Waals surface area contributed by atoms with Crippen molar-refractivity contribution in [1.29, 1.82) is 5.26 Å². The molecule has 1 aliphatic carbocycles. The summed E-state index contributed by atoms with van der Waals surface area (Å²) in [6.07, 6.45) is 5.25. The number of hydrogen-bond acceptors (Lipinski definition) is 6. The second kappa shape index (κ2) is 12.3. The van der Waals surface area contributed by atoms with E-state index in [-0.39, 0.29) is 12.3 Å². The van der Waals surface area contributed by atoms with Crippen LogP contribution in [-0.2, 0) is 24.0 Å². The Labute approximate surface area is 226 Å². The lowest BCUT2D eigenvalue weighted by Crippen LogP contribution is -2.52. The lowest BCUT2D eigenvalue weighted by Gasteiger charge is -2.35. The van der Waals surface area contributed by atoms with Gasteiger partial charge in [0.15, 0.2) is 5.78 Å². The predicted molar refractivity (Wildman–Crippen MR) is 142 cm³/mol. The van der Waals surface area contributed by atoms with Crippen molar-refractivity contribution in [3.8, 4) is 6.07 Å². The first-order chi connectivity index (χ1) is 18.8. The van der Waals surface area contributed by atoms with Crippen LogP contribution in [0, 0.1) is 29.1 Å². The summed E-state index contributed by atoms with van der Waals surface area (Å²) in [5.74, 6) is -4.43. The van der Waals surface area contributed by atoms with Crippen LogP contribution in [0.1, 0.15) is 55.3 Å². The van der Waals surface area contributed by atoms with Crippen LogP contribution in [0.4, 0.5) is 0 Å². The maximum Gasteiger partial charge on any atom is 0.244 e. The molecule has 0 radical (unpaired) electrons. The molecule has 1 heterocycles. The van der Waals surface area contributed by atoms with Gasteiger partial charge >= 0.3 is 0 Å². The van der Waals surface area contributed by atoms with Crippen molar-refractivity contribution in [3.05, 3.63) is 77.4 Å². The Balaban J connectivity index is 1.46. The van der Waals surface area contributed by atoms with Crippen molar-refractivity contribution in [3.63, 3.8) is 0 Å². The first-order valence-electron chi connectivity index (χ1n) is 13.0. The topological polar surface area (TPSA) is 145 Å². The normalized spacial score (nSPS) is 20.4. The van der Waals surface area contributed by atoms with Crippen LogP contribution >= 0.6 is 0 Å². The number of carbonyl (C=O) groups is 5. The molecule has 3 N–H and O–H groups in total. The van der Waals surface area contributed by atoms with Crippen molar-refractivity contribution in [2.24, 2.45) is 17.8 Å². The highest BCUT2D eigenvalue weighted by Gasteiger charge is 2.48. The average Bonchev–Trinajstić information content (AvgIpc) is 3.16. The second-order valence-electron chi connectivity index (χ2n) is 10.0. The zero-order valence-corrected chi connectivity index (χ0v) is 21.6. The van der Waals surface area contributed by atoms with Crippen LogP contribution in [0.3, 0.4) is 0 Å². The number of nitrogens with one attached hydrogen (secondary N) is 3. The van der Waals surface area contributed by atoms with Gasteiger partial charge in [-0.15, -0.1) is 0 Å². The highest BCUT2D eigenvalue weighted by molar-refractivity contribution is 6.16. The first-order valence-corrected chi connectivity index (χ1v) is 13.0. The number of amides is 4. The molecular weight excluding hydrogens is 496 g/mol. The quantitative estimate of drug-likeness (QED) is 0.247. The number of nitriles is 1. The van der Waals surface area contributed by atoms with E-state index in [1.54, 1.807) is 54.6 Å². The molecule has 0 bridgehead atoms. The van der Waals surface area contributed by atoms with Crippen LogP contribution in [0.25, 0.3) is 6.08 Å². The maximum atomic E-state index is 13.4. The highest BCUT2D eigenvalue weighted by atomic mass is 16.2. The Morgan fingerprint density at radius 2 is 1.72 bits per heavy atom. The minimum Gasteiger partial charge on any atom is -0.346 e. The zero-order chi connectivity index (χ0) is 27.9. The molecule has 0 aromatic heterocycles. The van der Waals surface area contributed by atoms with Gasteiger partial charge in [0, 0.05) is 6.08 Å². The SMILES string of the molecule is C[C@@H]1C(=O)NC(=O)[C@H]1C(=O)C(NC(=O)C[C@H](NC(=O)/C=C/c1ccc(C#N)cc1)c1ccccc1)C1CCC1. The van der Waals surface area contributed by atoms with Gasteiger partial charge in [-0.25, -0.2) is 0 Å². The molecule has 39 heavy (non-hydrogen) atoms. The lowest BCUT2D eigenvalue weighted by atomic mass is 9.74. The van der Waals surface area contributed by atoms with Crippen molar-refractivity contribution < 1.29 is 24.0 Å². The largest absolute Gasteiger partial charge is 0.346 e. The third kappa shape index (κ3) is 6.65. The Morgan fingerprint density at radius 1 is 1.03 bits per heavy atom. The summed E-state index contributed by atoms with van der Waals surface area (Å²) in [5.41, 5.74) is 1.97. The summed E-state index contributed by atoms with van der Waals surface area (Å²) in [6.45, 7) is 1.54. The van der Waals surface area contributed by atoms with Gasteiger partial charge in [0.1, 0.15) is 5.92 Å². The molecule has 1 saturated heterocycles. The molecule has 1 saturated carbocycles. The van der Waals surface area contributed by atoms with E-state index >= 15 is 0 Å². The molecule has 4 rings (SSSR count). The molecule has 1 unspecified atom stereocenters. The molecule has 0 spiro atoms. The predicted octanol–water partition coefficient (Wildman–Crippen LogP) is 2.58. The average molecular weight is 527 g/mol. The van der Waals surface area contributed by atoms with Crippen molar-refractivity contribution >= 4 is 35.5 Å². The molecule has 200 valence electrons. The van der Waals surface area contributed by atoms with Crippen LogP contribution in [-0.4, -0.2) is 35.5 Å². The summed E-state index contributed by atoms with van der Waals surface area (Å²) in [4.78, 5) is 63.6. The van der Waals surface area contributed by atoms with Gasteiger partial charge in [0.25, 0.3) is 0 Å². The molecule has 2 aliphatic rings. The van der Waals surface area contributed by atoms with E-state index in [2.05, 4.69) is 16.0 Å². The van der Waals surface area contributed by atoms with Crippen molar-refractivity contribution in [2.75, 3.05) is 0 Å². The van der Waals surface area contributed by atoms with Crippen LogP contribution in [0.2, 0.25) is 0 Å². The van der Waals surface area contributed by atoms with Crippen molar-refractivity contribution in [2.45, 2.75) is 44.7 Å². The number of imide groups is 1. The maximum absolute atomic E-state index is 13.4. The standard InChI is InChI=1S/C30H30N4O5/c1-18-26(30(39)34-29(18)38)28(37)27(22-8-5-9-22)33-25(36)16-23(21-6-3-2-4-7-21)32-24(35)15-14-19-10-12-20(17-31)13-11-19/h2-4,6-7,10-15,18,22-23,26-27H,5,8-9,16H2,1H3,(H,32,35)(H,33,36)(H,34,38,39)/b15-14+/t18-,23-,26+,27?/m0/s1. The first kappa shape index (κ1) is 27.5. The van der Waals surface area contributed by atoms with E-state index in [0.717, 1.165) is 24.8 Å². The minimum absolute atomic E-state index is 0.0997. The molecule has 2 aromatic carbocycles. The van der Waals surface area contributed by atoms with Gasteiger partial charge in [-0.2, -0.15) is 5.26 Å². The molecule has 2 aromatic rings. The monoisotopic (exact) mass is 526 g/mol. The molecule has 9 heteroatoms. The second-order valence-corrected chi connectivity index (χ2v) is 10.0. The van der Waals surface area contributed by atoms with Gasteiger partial charge in [-0.05, 0) is 48.1 Å². The van der Waals surface area contributed by atoms with E-state index in [9.17, 15) is 24.0 Å². The van der Waals surface area contributed by atoms with Crippen LogP contribution in [0.5, 0.6) is 0 Å². The Kier molecular flexibility index (Phi) is 8.67. The summed E-state index contributed by atoms with van der Waals surface area (Å²) >= 11 is 0. The summed E-state index contributed by atoms with van der Waals surface area (Å²) in [5, 5.41) is 16.8. The van der Waals surface area contributed by atoms with E-state index in [0.29, 0.717) is 11.1 Å². The third-order valence-corrected chi connectivity index (χ3v) is 7.37. The van der Waals surface area contributed by atoms with E-state index < -0.39 is 53.3 Å². The van der Waals surface area contributed by atoms with Crippen molar-refractivity contribution in [1.82, 2.24) is 16.0 Å². The Bertz CT molecular complexity index is 1330. The van der Waals surface area contributed by atoms with Gasteiger partial charge in [0.2, 0.25) is 23.6 Å². The van der Waals surface area contributed by atoms with E-state index in [4.69, 9.17) is 5.26 Å². The van der Waals surface area contributed by atoms with E-state index in [1.165, 1.54) is 13.0 Å². The number of carbonyl (C=O) groups excluding carboxylic acids is 5. The fourth-order valence-corrected chi connectivity index (χ4v) is 4.87. The molecule has 9 nitrogen and oxygen atoms in total. The summed E-state index contributed by atoms with van der Waals surface area (Å²) < 4.78 is 0. The van der Waals surface area contributed by atoms with Gasteiger partial charge < -0.3 is 10.6 Å². The number of rotatable bonds is 10. The highest BCUT2D eigenvalue weighted by Crippen LogP contribution is 2.33. The molecule has 1 aliphatic heterocycles. The fraction of sp³-hybridized carbons (Fsp3) is 0.333. The molecule has 4 atom stereocenters. The lowest BCUT2D eigenvalue weighted by molar-refractivity contribution is -0.138.